The van der Waals surface area contributed by atoms with Crippen molar-refractivity contribution in [2.24, 2.45) is 0 Å². The number of carboxylic acid groups (broad SMARTS) is 1. The third-order valence-corrected chi connectivity index (χ3v) is 3.83. The van der Waals surface area contributed by atoms with Crippen LogP contribution in [0.5, 0.6) is 5.75 Å². The number of carbonyl (C=O) groups is 2. The molecule has 1 aromatic rings. The number of nitrogens with zero attached hydrogens (tertiary/aromatic N) is 1. The molecule has 1 amide bonds. The van der Waals surface area contributed by atoms with Gasteiger partial charge in [-0.3, -0.25) is 4.79 Å². The smallest absolute Gasteiger partial charge is 0.332 e. The zero-order valence-corrected chi connectivity index (χ0v) is 11.5. The summed E-state index contributed by atoms with van der Waals surface area (Å²) in [6.45, 7) is 1.37. The van der Waals surface area contributed by atoms with Gasteiger partial charge in [0.1, 0.15) is 18.5 Å². The SMILES string of the molecule is O=C(O)[C@H]1CC[C@@H](C(=O)N2CCOc3ccccc3C2)O1. The van der Waals surface area contributed by atoms with Crippen LogP contribution in [0.25, 0.3) is 0 Å². The van der Waals surface area contributed by atoms with Gasteiger partial charge in [-0.05, 0) is 18.9 Å². The predicted octanol–water partition coefficient (Wildman–Crippen LogP) is 1.04. The molecule has 21 heavy (non-hydrogen) atoms. The number of aliphatic carboxylic acids is 1. The van der Waals surface area contributed by atoms with Crippen LogP contribution in [-0.4, -0.2) is 47.2 Å². The third kappa shape index (κ3) is 2.85. The van der Waals surface area contributed by atoms with Gasteiger partial charge in [-0.1, -0.05) is 18.2 Å². The fourth-order valence-electron chi connectivity index (χ4n) is 2.72. The van der Waals surface area contributed by atoms with Gasteiger partial charge in [-0.2, -0.15) is 0 Å². The molecular weight excluding hydrogens is 274 g/mol. The maximum absolute atomic E-state index is 12.5. The second-order valence-corrected chi connectivity index (χ2v) is 5.24. The van der Waals surface area contributed by atoms with E-state index in [1.54, 1.807) is 4.90 Å². The molecule has 1 saturated heterocycles. The highest BCUT2D eigenvalue weighted by Gasteiger charge is 2.37. The van der Waals surface area contributed by atoms with E-state index in [0.29, 0.717) is 32.5 Å². The second-order valence-electron chi connectivity index (χ2n) is 5.24. The first-order valence-corrected chi connectivity index (χ1v) is 7.03. The molecule has 1 N–H and O–H groups in total. The molecule has 6 nitrogen and oxygen atoms in total. The normalized spacial score (nSPS) is 24.9. The quantitative estimate of drug-likeness (QED) is 0.881. The molecule has 0 unspecified atom stereocenters. The van der Waals surface area contributed by atoms with Crippen molar-refractivity contribution in [2.45, 2.75) is 31.6 Å². The summed E-state index contributed by atoms with van der Waals surface area (Å²) in [5.41, 5.74) is 0.955. The molecule has 2 heterocycles. The Kier molecular flexibility index (Phi) is 3.79. The molecule has 2 aliphatic rings. The molecule has 2 atom stereocenters. The van der Waals surface area contributed by atoms with E-state index in [9.17, 15) is 9.59 Å². The van der Waals surface area contributed by atoms with Crippen LogP contribution in [0.15, 0.2) is 24.3 Å². The molecule has 0 bridgehead atoms. The van der Waals surface area contributed by atoms with E-state index >= 15 is 0 Å². The summed E-state index contributed by atoms with van der Waals surface area (Å²) < 4.78 is 11.0. The Morgan fingerprint density at radius 1 is 1.19 bits per heavy atom. The molecule has 6 heteroatoms. The lowest BCUT2D eigenvalue weighted by Crippen LogP contribution is -2.40. The lowest BCUT2D eigenvalue weighted by atomic mass is 10.1. The number of carboxylic acids is 1. The third-order valence-electron chi connectivity index (χ3n) is 3.83. The number of ether oxygens (including phenoxy) is 2. The summed E-state index contributed by atoms with van der Waals surface area (Å²) in [6.07, 6.45) is -0.688. The van der Waals surface area contributed by atoms with E-state index in [2.05, 4.69) is 0 Å². The predicted molar refractivity (Wildman–Crippen MR) is 72.9 cm³/mol. The zero-order valence-electron chi connectivity index (χ0n) is 11.5. The Bertz CT molecular complexity index is 559. The topological polar surface area (TPSA) is 76.1 Å². The first-order valence-electron chi connectivity index (χ1n) is 7.03. The van der Waals surface area contributed by atoms with Crippen molar-refractivity contribution in [1.29, 1.82) is 0 Å². The van der Waals surface area contributed by atoms with Crippen molar-refractivity contribution in [3.05, 3.63) is 29.8 Å². The van der Waals surface area contributed by atoms with Crippen molar-refractivity contribution in [2.75, 3.05) is 13.2 Å². The standard InChI is InChI=1S/C15H17NO5/c17-14(12-5-6-13(21-12)15(18)19)16-7-8-20-11-4-2-1-3-10(11)9-16/h1-4,12-13H,5-9H2,(H,18,19)/t12-,13+/m0/s1. The molecule has 3 rings (SSSR count). The largest absolute Gasteiger partial charge is 0.491 e. The van der Waals surface area contributed by atoms with Crippen molar-refractivity contribution in [1.82, 2.24) is 4.90 Å². The summed E-state index contributed by atoms with van der Waals surface area (Å²) in [7, 11) is 0. The first kappa shape index (κ1) is 13.9. The number of fused-ring (bicyclic) bond motifs is 1. The Morgan fingerprint density at radius 3 is 2.71 bits per heavy atom. The summed E-state index contributed by atoms with van der Waals surface area (Å²) in [5, 5.41) is 8.93. The van der Waals surface area contributed by atoms with E-state index in [0.717, 1.165) is 11.3 Å². The van der Waals surface area contributed by atoms with Crippen LogP contribution in [0.2, 0.25) is 0 Å². The van der Waals surface area contributed by atoms with Crippen LogP contribution in [0.4, 0.5) is 0 Å². The number of hydrogen-bond donors (Lipinski definition) is 1. The molecule has 0 spiro atoms. The highest BCUT2D eigenvalue weighted by Crippen LogP contribution is 2.26. The van der Waals surface area contributed by atoms with Crippen molar-refractivity contribution in [3.8, 4) is 5.75 Å². The van der Waals surface area contributed by atoms with E-state index in [4.69, 9.17) is 14.6 Å². The Morgan fingerprint density at radius 2 is 1.95 bits per heavy atom. The number of rotatable bonds is 2. The lowest BCUT2D eigenvalue weighted by molar-refractivity contribution is -0.155. The number of amides is 1. The Hall–Kier alpha value is -2.08. The van der Waals surface area contributed by atoms with Crippen LogP contribution in [0, 0.1) is 0 Å². The monoisotopic (exact) mass is 291 g/mol. The molecule has 0 saturated carbocycles. The van der Waals surface area contributed by atoms with Crippen molar-refractivity contribution >= 4 is 11.9 Å². The van der Waals surface area contributed by atoms with Crippen molar-refractivity contribution in [3.63, 3.8) is 0 Å². The summed E-state index contributed by atoms with van der Waals surface area (Å²) in [4.78, 5) is 25.1. The Labute approximate surface area is 122 Å². The Balaban J connectivity index is 1.70. The number of benzene rings is 1. The van der Waals surface area contributed by atoms with Gasteiger partial charge in [0.05, 0.1) is 6.54 Å². The molecule has 112 valence electrons. The summed E-state index contributed by atoms with van der Waals surface area (Å²) in [6, 6.07) is 7.61. The highest BCUT2D eigenvalue weighted by atomic mass is 16.5. The van der Waals surface area contributed by atoms with Gasteiger partial charge in [0.25, 0.3) is 5.91 Å². The van der Waals surface area contributed by atoms with E-state index < -0.39 is 18.2 Å². The lowest BCUT2D eigenvalue weighted by Gasteiger charge is -2.23. The van der Waals surface area contributed by atoms with Gasteiger partial charge >= 0.3 is 5.97 Å². The number of hydrogen-bond acceptors (Lipinski definition) is 4. The molecule has 1 fully saturated rings. The van der Waals surface area contributed by atoms with Gasteiger partial charge in [0.2, 0.25) is 0 Å². The van der Waals surface area contributed by atoms with Crippen LogP contribution in [0.1, 0.15) is 18.4 Å². The number of carbonyl (C=O) groups excluding carboxylic acids is 1. The highest BCUT2D eigenvalue weighted by molar-refractivity contribution is 5.82. The zero-order chi connectivity index (χ0) is 14.8. The first-order chi connectivity index (χ1) is 10.1. The van der Waals surface area contributed by atoms with E-state index in [1.807, 2.05) is 24.3 Å². The van der Waals surface area contributed by atoms with Crippen LogP contribution in [0.3, 0.4) is 0 Å². The molecular formula is C15H17NO5. The molecule has 1 aromatic carbocycles. The average Bonchev–Trinajstić information content (AvgIpc) is 2.87. The molecule has 0 aromatic heterocycles. The summed E-state index contributed by atoms with van der Waals surface area (Å²) in [5.74, 6) is -0.363. The van der Waals surface area contributed by atoms with Gasteiger partial charge in [0.15, 0.2) is 6.10 Å². The summed E-state index contributed by atoms with van der Waals surface area (Å²) >= 11 is 0. The van der Waals surface area contributed by atoms with Crippen LogP contribution >= 0.6 is 0 Å². The van der Waals surface area contributed by atoms with Crippen LogP contribution < -0.4 is 4.74 Å². The van der Waals surface area contributed by atoms with Crippen LogP contribution in [-0.2, 0) is 20.9 Å². The minimum absolute atomic E-state index is 0.154. The average molecular weight is 291 g/mol. The minimum atomic E-state index is -1.00. The second kappa shape index (κ2) is 5.73. The van der Waals surface area contributed by atoms with Gasteiger partial charge in [-0.15, -0.1) is 0 Å². The van der Waals surface area contributed by atoms with E-state index in [1.165, 1.54) is 0 Å². The van der Waals surface area contributed by atoms with Gasteiger partial charge < -0.3 is 19.5 Å². The fourth-order valence-corrected chi connectivity index (χ4v) is 2.72. The molecule has 0 radical (unpaired) electrons. The van der Waals surface area contributed by atoms with Crippen molar-refractivity contribution < 1.29 is 24.2 Å². The maximum atomic E-state index is 12.5. The maximum Gasteiger partial charge on any atom is 0.332 e. The minimum Gasteiger partial charge on any atom is -0.491 e. The fraction of sp³-hybridized carbons (Fsp3) is 0.467. The number of para-hydroxylation sites is 1. The van der Waals surface area contributed by atoms with Gasteiger partial charge in [0, 0.05) is 12.1 Å². The van der Waals surface area contributed by atoms with Gasteiger partial charge in [-0.25, -0.2) is 4.79 Å². The van der Waals surface area contributed by atoms with E-state index in [-0.39, 0.29) is 5.91 Å². The molecule has 2 aliphatic heterocycles. The molecule has 0 aliphatic carbocycles.